The summed E-state index contributed by atoms with van der Waals surface area (Å²) in [6.07, 6.45) is 4.81. The van der Waals surface area contributed by atoms with Crippen LogP contribution in [0.25, 0.3) is 10.9 Å². The number of nitrogens with one attached hydrogen (secondary N) is 2. The Kier molecular flexibility index (Phi) is 3.85. The molecule has 19 heavy (non-hydrogen) atoms. The highest BCUT2D eigenvalue weighted by molar-refractivity contribution is 5.82. The lowest BCUT2D eigenvalue weighted by Crippen LogP contribution is -2.22. The normalized spacial score (nSPS) is 19.6. The summed E-state index contributed by atoms with van der Waals surface area (Å²) in [5.41, 5.74) is 2.65. The molecule has 102 valence electrons. The molecule has 0 bridgehead atoms. The number of fused-ring (bicyclic) bond motifs is 1. The maximum atomic E-state index is 3.44. The first-order chi connectivity index (χ1) is 9.33. The molecule has 1 aromatic carbocycles. The molecule has 2 N–H and O–H groups in total. The molecule has 0 aliphatic carbocycles. The van der Waals surface area contributed by atoms with Gasteiger partial charge in [-0.2, -0.15) is 0 Å². The van der Waals surface area contributed by atoms with Gasteiger partial charge in [0, 0.05) is 23.6 Å². The second-order valence-electron chi connectivity index (χ2n) is 5.74. The van der Waals surface area contributed by atoms with Gasteiger partial charge in [0.2, 0.25) is 0 Å². The van der Waals surface area contributed by atoms with Gasteiger partial charge in [-0.25, -0.2) is 0 Å². The molecule has 1 unspecified atom stereocenters. The SMILES string of the molecule is CN(CCC1CCNC1)Cc1c[nH]c2ccccc12. The fourth-order valence-electron chi connectivity index (χ4n) is 3.00. The predicted octanol–water partition coefficient (Wildman–Crippen LogP) is 2.60. The topological polar surface area (TPSA) is 31.1 Å². The first-order valence-electron chi connectivity index (χ1n) is 7.27. The van der Waals surface area contributed by atoms with Crippen molar-refractivity contribution in [2.24, 2.45) is 5.92 Å². The minimum Gasteiger partial charge on any atom is -0.361 e. The van der Waals surface area contributed by atoms with Crippen molar-refractivity contribution in [1.82, 2.24) is 15.2 Å². The lowest BCUT2D eigenvalue weighted by molar-refractivity contribution is 0.299. The van der Waals surface area contributed by atoms with Gasteiger partial charge in [0.1, 0.15) is 0 Å². The van der Waals surface area contributed by atoms with Crippen molar-refractivity contribution in [3.05, 3.63) is 36.0 Å². The molecule has 2 aromatic rings. The highest BCUT2D eigenvalue weighted by Crippen LogP contribution is 2.19. The molecule has 3 rings (SSSR count). The van der Waals surface area contributed by atoms with Crippen LogP contribution in [0.2, 0.25) is 0 Å². The van der Waals surface area contributed by atoms with Gasteiger partial charge in [0.25, 0.3) is 0 Å². The molecule has 0 saturated carbocycles. The van der Waals surface area contributed by atoms with Gasteiger partial charge < -0.3 is 15.2 Å². The van der Waals surface area contributed by atoms with E-state index in [4.69, 9.17) is 0 Å². The Morgan fingerprint density at radius 2 is 2.21 bits per heavy atom. The van der Waals surface area contributed by atoms with E-state index in [0.29, 0.717) is 0 Å². The molecule has 0 amide bonds. The Hall–Kier alpha value is -1.32. The minimum absolute atomic E-state index is 0.880. The van der Waals surface area contributed by atoms with Gasteiger partial charge in [-0.3, -0.25) is 0 Å². The van der Waals surface area contributed by atoms with Crippen LogP contribution in [0, 0.1) is 5.92 Å². The summed E-state index contributed by atoms with van der Waals surface area (Å²) in [4.78, 5) is 5.79. The van der Waals surface area contributed by atoms with E-state index >= 15 is 0 Å². The van der Waals surface area contributed by atoms with E-state index in [1.54, 1.807) is 0 Å². The van der Waals surface area contributed by atoms with Gasteiger partial charge >= 0.3 is 0 Å². The van der Waals surface area contributed by atoms with Crippen molar-refractivity contribution in [2.45, 2.75) is 19.4 Å². The van der Waals surface area contributed by atoms with Crippen LogP contribution in [0.15, 0.2) is 30.5 Å². The molecular formula is C16H23N3. The molecule has 1 aromatic heterocycles. The van der Waals surface area contributed by atoms with Crippen molar-refractivity contribution < 1.29 is 0 Å². The molecule has 1 saturated heterocycles. The zero-order chi connectivity index (χ0) is 13.1. The Bertz CT molecular complexity index is 526. The Morgan fingerprint density at radius 1 is 1.32 bits per heavy atom. The maximum absolute atomic E-state index is 3.44. The summed E-state index contributed by atoms with van der Waals surface area (Å²) in [6, 6.07) is 8.54. The minimum atomic E-state index is 0.880. The molecule has 2 heterocycles. The number of H-pyrrole nitrogens is 1. The number of hydrogen-bond donors (Lipinski definition) is 2. The van der Waals surface area contributed by atoms with Crippen LogP contribution in [-0.4, -0.2) is 36.6 Å². The van der Waals surface area contributed by atoms with Crippen molar-refractivity contribution in [3.63, 3.8) is 0 Å². The third-order valence-electron chi connectivity index (χ3n) is 4.20. The molecule has 0 radical (unpaired) electrons. The Balaban J connectivity index is 1.57. The van der Waals surface area contributed by atoms with E-state index in [1.807, 2.05) is 0 Å². The number of aromatic amines is 1. The van der Waals surface area contributed by atoms with Crippen LogP contribution >= 0.6 is 0 Å². The average Bonchev–Trinajstić information content (AvgIpc) is 3.07. The Labute approximate surface area is 115 Å². The van der Waals surface area contributed by atoms with E-state index in [-0.39, 0.29) is 0 Å². The van der Waals surface area contributed by atoms with E-state index < -0.39 is 0 Å². The number of para-hydroxylation sites is 1. The van der Waals surface area contributed by atoms with E-state index in [1.165, 1.54) is 48.9 Å². The first-order valence-corrected chi connectivity index (χ1v) is 7.27. The zero-order valence-electron chi connectivity index (χ0n) is 11.7. The van der Waals surface area contributed by atoms with Crippen molar-refractivity contribution in [3.8, 4) is 0 Å². The lowest BCUT2D eigenvalue weighted by Gasteiger charge is -2.18. The molecule has 0 spiro atoms. The van der Waals surface area contributed by atoms with Crippen LogP contribution in [0.4, 0.5) is 0 Å². The second kappa shape index (κ2) is 5.76. The zero-order valence-corrected chi connectivity index (χ0v) is 11.7. The molecule has 3 heteroatoms. The van der Waals surface area contributed by atoms with Gasteiger partial charge in [-0.05, 0) is 57.1 Å². The third-order valence-corrected chi connectivity index (χ3v) is 4.20. The van der Waals surface area contributed by atoms with Crippen molar-refractivity contribution in [2.75, 3.05) is 26.7 Å². The molecular weight excluding hydrogens is 234 g/mol. The molecule has 1 atom stereocenters. The predicted molar refractivity (Wildman–Crippen MR) is 80.2 cm³/mol. The van der Waals surface area contributed by atoms with Crippen LogP contribution in [-0.2, 0) is 6.54 Å². The number of rotatable bonds is 5. The van der Waals surface area contributed by atoms with Crippen LogP contribution in [0.5, 0.6) is 0 Å². The second-order valence-corrected chi connectivity index (χ2v) is 5.74. The summed E-state index contributed by atoms with van der Waals surface area (Å²) < 4.78 is 0. The van der Waals surface area contributed by atoms with E-state index in [0.717, 1.165) is 12.5 Å². The van der Waals surface area contributed by atoms with E-state index in [9.17, 15) is 0 Å². The first kappa shape index (κ1) is 12.7. The van der Waals surface area contributed by atoms with Crippen molar-refractivity contribution >= 4 is 10.9 Å². The van der Waals surface area contributed by atoms with Crippen LogP contribution in [0.3, 0.4) is 0 Å². The maximum Gasteiger partial charge on any atom is 0.0457 e. The third kappa shape index (κ3) is 2.99. The number of aromatic nitrogens is 1. The quantitative estimate of drug-likeness (QED) is 0.862. The smallest absolute Gasteiger partial charge is 0.0457 e. The summed E-state index contributed by atoms with van der Waals surface area (Å²) in [5, 5.41) is 4.80. The summed E-state index contributed by atoms with van der Waals surface area (Å²) in [6.45, 7) is 4.63. The van der Waals surface area contributed by atoms with Crippen LogP contribution in [0.1, 0.15) is 18.4 Å². The Morgan fingerprint density at radius 3 is 3.05 bits per heavy atom. The van der Waals surface area contributed by atoms with Gasteiger partial charge in [0.15, 0.2) is 0 Å². The highest BCUT2D eigenvalue weighted by atomic mass is 15.1. The van der Waals surface area contributed by atoms with Crippen molar-refractivity contribution in [1.29, 1.82) is 0 Å². The molecule has 1 fully saturated rings. The summed E-state index contributed by atoms with van der Waals surface area (Å²) >= 11 is 0. The molecule has 1 aliphatic heterocycles. The average molecular weight is 257 g/mol. The van der Waals surface area contributed by atoms with Crippen LogP contribution < -0.4 is 5.32 Å². The van der Waals surface area contributed by atoms with Gasteiger partial charge in [-0.1, -0.05) is 18.2 Å². The largest absolute Gasteiger partial charge is 0.361 e. The number of hydrogen-bond acceptors (Lipinski definition) is 2. The summed E-state index contributed by atoms with van der Waals surface area (Å²) in [5.74, 6) is 0.880. The van der Waals surface area contributed by atoms with Gasteiger partial charge in [-0.15, -0.1) is 0 Å². The number of benzene rings is 1. The van der Waals surface area contributed by atoms with Gasteiger partial charge in [0.05, 0.1) is 0 Å². The standard InChI is InChI=1S/C16H23N3/c1-19(9-7-13-6-8-17-10-13)12-14-11-18-16-5-3-2-4-15(14)16/h2-5,11,13,17-18H,6-10,12H2,1H3. The molecule has 1 aliphatic rings. The highest BCUT2D eigenvalue weighted by Gasteiger charge is 2.15. The fourth-order valence-corrected chi connectivity index (χ4v) is 3.00. The summed E-state index contributed by atoms with van der Waals surface area (Å²) in [7, 11) is 2.23. The fraction of sp³-hybridized carbons (Fsp3) is 0.500. The van der Waals surface area contributed by atoms with E-state index in [2.05, 4.69) is 52.7 Å². The molecule has 3 nitrogen and oxygen atoms in total. The monoisotopic (exact) mass is 257 g/mol. The number of nitrogens with zero attached hydrogens (tertiary/aromatic N) is 1. The lowest BCUT2D eigenvalue weighted by atomic mass is 10.0.